The van der Waals surface area contributed by atoms with Crippen molar-refractivity contribution in [2.24, 2.45) is 0 Å². The molecule has 0 aliphatic rings. The van der Waals surface area contributed by atoms with Crippen LogP contribution in [0.25, 0.3) is 11.5 Å². The van der Waals surface area contributed by atoms with Gasteiger partial charge in [-0.1, -0.05) is 36.4 Å². The van der Waals surface area contributed by atoms with Crippen LogP contribution in [0.4, 0.5) is 11.4 Å². The smallest absolute Gasteiger partial charge is 0.698 e. The zero-order valence-electron chi connectivity index (χ0n) is 10.6. The fourth-order valence-electron chi connectivity index (χ4n) is 1.34. The molecule has 0 aromatic heterocycles. The topological polar surface area (TPSA) is 122 Å². The Balaban J connectivity index is 0.000000364. The number of carbonyl (C=O) groups is 2. The number of benzene rings is 2. The maximum Gasteiger partial charge on any atom is 2.00 e. The molecule has 0 fully saturated rings. The molecular formula is C14H12CuN2O4. The van der Waals surface area contributed by atoms with Crippen LogP contribution in [0.2, 0.25) is 0 Å². The Labute approximate surface area is 131 Å². The van der Waals surface area contributed by atoms with E-state index in [1.165, 1.54) is 24.3 Å². The van der Waals surface area contributed by atoms with Crippen molar-refractivity contribution in [1.29, 1.82) is 0 Å². The first kappa shape index (κ1) is 18.5. The van der Waals surface area contributed by atoms with Gasteiger partial charge >= 0.3 is 29.0 Å². The number of carboxylic acid groups (broad SMARTS) is 2. The molecule has 2 aromatic rings. The van der Waals surface area contributed by atoms with Gasteiger partial charge in [0.2, 0.25) is 0 Å². The van der Waals surface area contributed by atoms with E-state index >= 15 is 0 Å². The normalized spacial score (nSPS) is 8.76. The van der Waals surface area contributed by atoms with Gasteiger partial charge < -0.3 is 21.7 Å². The molecule has 0 saturated heterocycles. The van der Waals surface area contributed by atoms with Crippen molar-refractivity contribution >= 4 is 23.3 Å². The maximum atomic E-state index is 10.3. The van der Waals surface area contributed by atoms with Crippen LogP contribution < -0.4 is 0 Å². The standard InChI is InChI=1S/2C7H6NO2.Cu/c2*8-6-4-2-1-3-5(6)7(9)10;/h2*1-4,8H,(H,9,10);/q2*-1;+2. The van der Waals surface area contributed by atoms with Crippen LogP contribution in [-0.2, 0) is 17.1 Å². The molecule has 6 nitrogen and oxygen atoms in total. The van der Waals surface area contributed by atoms with Crippen LogP contribution in [0.1, 0.15) is 20.7 Å². The van der Waals surface area contributed by atoms with Gasteiger partial charge in [-0.15, -0.1) is 11.4 Å². The van der Waals surface area contributed by atoms with Gasteiger partial charge in [-0.3, -0.25) is 0 Å². The van der Waals surface area contributed by atoms with Crippen LogP contribution >= 0.6 is 0 Å². The molecule has 0 aliphatic carbocycles. The van der Waals surface area contributed by atoms with Crippen molar-refractivity contribution in [2.45, 2.75) is 0 Å². The van der Waals surface area contributed by atoms with E-state index in [0.29, 0.717) is 0 Å². The van der Waals surface area contributed by atoms with Gasteiger partial charge in [0.25, 0.3) is 0 Å². The second-order valence-corrected chi connectivity index (χ2v) is 3.70. The molecule has 1 radical (unpaired) electrons. The van der Waals surface area contributed by atoms with Crippen molar-refractivity contribution in [3.63, 3.8) is 0 Å². The number of rotatable bonds is 2. The van der Waals surface area contributed by atoms with Crippen molar-refractivity contribution in [1.82, 2.24) is 0 Å². The second kappa shape index (κ2) is 8.63. The van der Waals surface area contributed by atoms with E-state index < -0.39 is 11.9 Å². The minimum Gasteiger partial charge on any atom is -0.698 e. The van der Waals surface area contributed by atoms with Gasteiger partial charge in [0, 0.05) is 11.1 Å². The third-order valence-corrected chi connectivity index (χ3v) is 2.31. The van der Waals surface area contributed by atoms with Gasteiger partial charge in [-0.25, -0.2) is 9.59 Å². The van der Waals surface area contributed by atoms with Crippen molar-refractivity contribution < 1.29 is 36.9 Å². The third kappa shape index (κ3) is 5.56. The Morgan fingerprint density at radius 3 is 1.19 bits per heavy atom. The summed E-state index contributed by atoms with van der Waals surface area (Å²) in [6.07, 6.45) is 0. The van der Waals surface area contributed by atoms with Crippen LogP contribution in [-0.4, -0.2) is 22.2 Å². The SMILES string of the molecule is [Cu+2].[NH-]c1ccccc1C(=O)O.[NH-]c1ccccc1C(=O)O. The number of hydrogen-bond donors (Lipinski definition) is 2. The zero-order chi connectivity index (χ0) is 15.1. The van der Waals surface area contributed by atoms with E-state index in [2.05, 4.69) is 0 Å². The van der Waals surface area contributed by atoms with Gasteiger partial charge in [-0.05, 0) is 12.1 Å². The molecule has 0 amide bonds. The summed E-state index contributed by atoms with van der Waals surface area (Å²) in [7, 11) is 0. The minimum absolute atomic E-state index is 0. The minimum atomic E-state index is -1.05. The Morgan fingerprint density at radius 1 is 0.714 bits per heavy atom. The molecule has 0 aliphatic heterocycles. The first-order valence-corrected chi connectivity index (χ1v) is 5.51. The van der Waals surface area contributed by atoms with Crippen LogP contribution in [0.15, 0.2) is 48.5 Å². The molecule has 0 saturated carbocycles. The number of aromatic carboxylic acids is 2. The van der Waals surface area contributed by atoms with E-state index in [1.54, 1.807) is 24.3 Å². The van der Waals surface area contributed by atoms with Gasteiger partial charge in [0.05, 0.1) is 0 Å². The van der Waals surface area contributed by atoms with Gasteiger partial charge in [0.15, 0.2) is 0 Å². The predicted molar refractivity (Wildman–Crippen MR) is 74.8 cm³/mol. The molecule has 113 valence electrons. The number of carboxylic acids is 2. The first-order chi connectivity index (χ1) is 9.43. The zero-order valence-corrected chi connectivity index (χ0v) is 11.6. The molecule has 21 heavy (non-hydrogen) atoms. The molecule has 0 heterocycles. The maximum absolute atomic E-state index is 10.3. The predicted octanol–water partition coefficient (Wildman–Crippen LogP) is 4.13. The van der Waals surface area contributed by atoms with Gasteiger partial charge in [-0.2, -0.15) is 0 Å². The van der Waals surface area contributed by atoms with Crippen LogP contribution in [0.5, 0.6) is 0 Å². The van der Waals surface area contributed by atoms with Crippen molar-refractivity contribution in [3.05, 3.63) is 71.1 Å². The Kier molecular flexibility index (Phi) is 7.60. The van der Waals surface area contributed by atoms with E-state index in [4.69, 9.17) is 21.7 Å². The molecule has 2 aromatic carbocycles. The van der Waals surface area contributed by atoms with Crippen LogP contribution in [0.3, 0.4) is 0 Å². The van der Waals surface area contributed by atoms with Crippen LogP contribution in [0, 0.1) is 0 Å². The molecule has 0 bridgehead atoms. The average molecular weight is 336 g/mol. The van der Waals surface area contributed by atoms with Gasteiger partial charge in [0.1, 0.15) is 0 Å². The molecule has 0 atom stereocenters. The summed E-state index contributed by atoms with van der Waals surface area (Å²) in [6.45, 7) is 0. The Morgan fingerprint density at radius 2 is 1.00 bits per heavy atom. The monoisotopic (exact) mass is 335 g/mol. The van der Waals surface area contributed by atoms with Crippen molar-refractivity contribution in [2.75, 3.05) is 0 Å². The summed E-state index contributed by atoms with van der Waals surface area (Å²) in [5, 5.41) is 16.9. The summed E-state index contributed by atoms with van der Waals surface area (Å²) in [5.41, 5.74) is 14.4. The van der Waals surface area contributed by atoms with E-state index in [9.17, 15) is 9.59 Å². The number of hydrogen-bond acceptors (Lipinski definition) is 2. The third-order valence-electron chi connectivity index (χ3n) is 2.31. The fourth-order valence-corrected chi connectivity index (χ4v) is 1.34. The molecule has 4 N–H and O–H groups in total. The molecule has 0 spiro atoms. The fraction of sp³-hybridized carbons (Fsp3) is 0. The Hall–Kier alpha value is -2.50. The summed E-state index contributed by atoms with van der Waals surface area (Å²) >= 11 is 0. The second-order valence-electron chi connectivity index (χ2n) is 3.70. The average Bonchev–Trinajstić information content (AvgIpc) is 2.40. The quantitative estimate of drug-likeness (QED) is 0.800. The van der Waals surface area contributed by atoms with Crippen molar-refractivity contribution in [3.8, 4) is 0 Å². The van der Waals surface area contributed by atoms with E-state index in [0.717, 1.165) is 0 Å². The molecule has 7 heteroatoms. The van der Waals surface area contributed by atoms with E-state index in [1.807, 2.05) is 0 Å². The molecule has 0 unspecified atom stereocenters. The summed E-state index contributed by atoms with van der Waals surface area (Å²) in [4.78, 5) is 20.6. The van der Waals surface area contributed by atoms with E-state index in [-0.39, 0.29) is 39.6 Å². The largest absolute Gasteiger partial charge is 2.00 e. The number of nitrogens with one attached hydrogen (secondary N) is 2. The molecule has 2 rings (SSSR count). The first-order valence-electron chi connectivity index (χ1n) is 5.51. The summed E-state index contributed by atoms with van der Waals surface area (Å²) in [5.74, 6) is -2.10. The summed E-state index contributed by atoms with van der Waals surface area (Å²) in [6, 6.07) is 12.2. The molecular weight excluding hydrogens is 324 g/mol. The Bertz CT molecular complexity index is 576. The summed E-state index contributed by atoms with van der Waals surface area (Å²) < 4.78 is 0.